The molecular weight excluding hydrogens is 308 g/mol. The van der Waals surface area contributed by atoms with Gasteiger partial charge in [0.25, 0.3) is 5.91 Å². The van der Waals surface area contributed by atoms with Gasteiger partial charge in [-0.3, -0.25) is 4.79 Å². The summed E-state index contributed by atoms with van der Waals surface area (Å²) in [7, 11) is 0. The maximum Gasteiger partial charge on any atom is 0.271 e. The highest BCUT2D eigenvalue weighted by Crippen LogP contribution is 2.32. The van der Waals surface area contributed by atoms with E-state index in [4.69, 9.17) is 14.2 Å². The van der Waals surface area contributed by atoms with Crippen LogP contribution in [-0.2, 0) is 0 Å². The van der Waals surface area contributed by atoms with Crippen LogP contribution in [0.25, 0.3) is 0 Å². The maximum absolute atomic E-state index is 12.2. The minimum absolute atomic E-state index is 0.176. The molecule has 1 heterocycles. The van der Waals surface area contributed by atoms with Crippen LogP contribution in [0, 0.1) is 0 Å². The third-order valence-electron chi connectivity index (χ3n) is 3.54. The van der Waals surface area contributed by atoms with E-state index in [9.17, 15) is 4.79 Å². The summed E-state index contributed by atoms with van der Waals surface area (Å²) in [4.78, 5) is 12.2. The van der Waals surface area contributed by atoms with Crippen LogP contribution in [0.1, 0.15) is 29.8 Å². The van der Waals surface area contributed by atoms with E-state index >= 15 is 0 Å². The number of fused-ring (bicyclic) bond motifs is 1. The van der Waals surface area contributed by atoms with E-state index in [0.717, 1.165) is 11.3 Å². The summed E-state index contributed by atoms with van der Waals surface area (Å²) in [6.45, 7) is 4.56. The van der Waals surface area contributed by atoms with Crippen LogP contribution in [0.15, 0.2) is 47.6 Å². The van der Waals surface area contributed by atoms with Crippen LogP contribution in [0.3, 0.4) is 0 Å². The molecule has 6 heteroatoms. The summed E-state index contributed by atoms with van der Waals surface area (Å²) in [5, 5.41) is 4.14. The molecule has 0 unspecified atom stereocenters. The SMILES string of the molecule is CCOc1ccc(C(C)=NNC(=O)c2ccc3c(c2)OCO3)cc1. The molecule has 1 amide bonds. The number of benzene rings is 2. The second-order valence-corrected chi connectivity index (χ2v) is 5.16. The minimum Gasteiger partial charge on any atom is -0.494 e. The highest BCUT2D eigenvalue weighted by Gasteiger charge is 2.16. The summed E-state index contributed by atoms with van der Waals surface area (Å²) in [6.07, 6.45) is 0. The third kappa shape index (κ3) is 3.48. The number of amides is 1. The molecule has 2 aromatic carbocycles. The number of carbonyl (C=O) groups excluding carboxylic acids is 1. The second-order valence-electron chi connectivity index (χ2n) is 5.16. The Hall–Kier alpha value is -3.02. The van der Waals surface area contributed by atoms with Gasteiger partial charge in [0.1, 0.15) is 5.75 Å². The van der Waals surface area contributed by atoms with E-state index in [1.54, 1.807) is 18.2 Å². The van der Waals surface area contributed by atoms with Crippen molar-refractivity contribution in [2.24, 2.45) is 5.10 Å². The highest BCUT2D eigenvalue weighted by molar-refractivity contribution is 6.01. The summed E-state index contributed by atoms with van der Waals surface area (Å²) in [5.41, 5.74) is 4.62. The Bertz CT molecular complexity index is 769. The first-order valence-corrected chi connectivity index (χ1v) is 7.65. The van der Waals surface area contributed by atoms with Crippen molar-refractivity contribution in [2.75, 3.05) is 13.4 Å². The van der Waals surface area contributed by atoms with Gasteiger partial charge in [-0.15, -0.1) is 0 Å². The van der Waals surface area contributed by atoms with Crippen LogP contribution >= 0.6 is 0 Å². The molecule has 6 nitrogen and oxygen atoms in total. The Morgan fingerprint density at radius 3 is 2.58 bits per heavy atom. The molecule has 0 spiro atoms. The van der Waals surface area contributed by atoms with Gasteiger partial charge in [-0.05, 0) is 61.9 Å². The highest BCUT2D eigenvalue weighted by atomic mass is 16.7. The molecule has 0 saturated heterocycles. The smallest absolute Gasteiger partial charge is 0.271 e. The van der Waals surface area contributed by atoms with Crippen molar-refractivity contribution >= 4 is 11.6 Å². The monoisotopic (exact) mass is 326 g/mol. The summed E-state index contributed by atoms with van der Waals surface area (Å²) in [5.74, 6) is 1.70. The average Bonchev–Trinajstić information content (AvgIpc) is 3.08. The quantitative estimate of drug-likeness (QED) is 0.677. The van der Waals surface area contributed by atoms with E-state index in [2.05, 4.69) is 10.5 Å². The number of hydrogen-bond acceptors (Lipinski definition) is 5. The standard InChI is InChI=1S/C18H18N2O4/c1-3-22-15-7-4-13(5-8-15)12(2)19-20-18(21)14-6-9-16-17(10-14)24-11-23-16/h4-10H,3,11H2,1-2H3,(H,20,21). The lowest BCUT2D eigenvalue weighted by Gasteiger charge is -2.06. The van der Waals surface area contributed by atoms with Crippen molar-refractivity contribution in [3.8, 4) is 17.2 Å². The van der Waals surface area contributed by atoms with Crippen molar-refractivity contribution in [3.05, 3.63) is 53.6 Å². The maximum atomic E-state index is 12.2. The number of carbonyl (C=O) groups is 1. The number of rotatable bonds is 5. The lowest BCUT2D eigenvalue weighted by molar-refractivity contribution is 0.0954. The largest absolute Gasteiger partial charge is 0.494 e. The predicted octanol–water partition coefficient (Wildman–Crippen LogP) is 2.97. The number of hydrazone groups is 1. The van der Waals surface area contributed by atoms with Crippen LogP contribution in [0.2, 0.25) is 0 Å². The Balaban J connectivity index is 1.66. The molecule has 3 rings (SSSR count). The first-order valence-electron chi connectivity index (χ1n) is 7.65. The van der Waals surface area contributed by atoms with Gasteiger partial charge in [0.2, 0.25) is 6.79 Å². The minimum atomic E-state index is -0.307. The molecule has 2 aromatic rings. The average molecular weight is 326 g/mol. The lowest BCUT2D eigenvalue weighted by Crippen LogP contribution is -2.19. The molecule has 1 aliphatic heterocycles. The Morgan fingerprint density at radius 1 is 1.12 bits per heavy atom. The Labute approximate surface area is 140 Å². The summed E-state index contributed by atoms with van der Waals surface area (Å²) < 4.78 is 15.9. The Kier molecular flexibility index (Phi) is 4.65. The lowest BCUT2D eigenvalue weighted by atomic mass is 10.1. The van der Waals surface area contributed by atoms with Crippen LogP contribution in [0.4, 0.5) is 0 Å². The van der Waals surface area contributed by atoms with Crippen molar-refractivity contribution < 1.29 is 19.0 Å². The molecule has 0 bridgehead atoms. The van der Waals surface area contributed by atoms with Gasteiger partial charge < -0.3 is 14.2 Å². The number of nitrogens with one attached hydrogen (secondary N) is 1. The zero-order chi connectivity index (χ0) is 16.9. The first kappa shape index (κ1) is 15.9. The zero-order valence-electron chi connectivity index (χ0n) is 13.5. The van der Waals surface area contributed by atoms with Gasteiger partial charge in [-0.1, -0.05) is 0 Å². The van der Waals surface area contributed by atoms with Crippen molar-refractivity contribution in [1.29, 1.82) is 0 Å². The fraction of sp³-hybridized carbons (Fsp3) is 0.222. The van der Waals surface area contributed by atoms with Gasteiger partial charge >= 0.3 is 0 Å². The van der Waals surface area contributed by atoms with E-state index in [1.807, 2.05) is 38.1 Å². The van der Waals surface area contributed by atoms with Gasteiger partial charge in [-0.2, -0.15) is 5.10 Å². The molecule has 124 valence electrons. The van der Waals surface area contributed by atoms with E-state index < -0.39 is 0 Å². The van der Waals surface area contributed by atoms with Gasteiger partial charge in [-0.25, -0.2) is 5.43 Å². The molecule has 0 saturated carbocycles. The molecule has 0 fully saturated rings. The summed E-state index contributed by atoms with van der Waals surface area (Å²) >= 11 is 0. The molecule has 0 atom stereocenters. The molecule has 1 aliphatic rings. The molecule has 0 radical (unpaired) electrons. The number of nitrogens with zero attached hydrogens (tertiary/aromatic N) is 1. The fourth-order valence-electron chi connectivity index (χ4n) is 2.26. The molecule has 24 heavy (non-hydrogen) atoms. The normalized spacial score (nSPS) is 12.8. The third-order valence-corrected chi connectivity index (χ3v) is 3.54. The van der Waals surface area contributed by atoms with Gasteiger partial charge in [0.05, 0.1) is 12.3 Å². The van der Waals surface area contributed by atoms with Gasteiger partial charge in [0, 0.05) is 5.56 Å². The van der Waals surface area contributed by atoms with Crippen molar-refractivity contribution in [1.82, 2.24) is 5.43 Å². The van der Waals surface area contributed by atoms with E-state index in [-0.39, 0.29) is 12.7 Å². The topological polar surface area (TPSA) is 69.2 Å². The molecule has 0 aliphatic carbocycles. The molecular formula is C18H18N2O4. The van der Waals surface area contributed by atoms with E-state index in [1.165, 1.54) is 0 Å². The van der Waals surface area contributed by atoms with Crippen molar-refractivity contribution in [3.63, 3.8) is 0 Å². The second kappa shape index (κ2) is 7.04. The number of hydrogen-bond donors (Lipinski definition) is 1. The Morgan fingerprint density at radius 2 is 1.83 bits per heavy atom. The van der Waals surface area contributed by atoms with Crippen molar-refractivity contribution in [2.45, 2.75) is 13.8 Å². The predicted molar refractivity (Wildman–Crippen MR) is 89.9 cm³/mol. The molecule has 1 N–H and O–H groups in total. The summed E-state index contributed by atoms with van der Waals surface area (Å²) in [6, 6.07) is 12.6. The van der Waals surface area contributed by atoms with Gasteiger partial charge in [0.15, 0.2) is 11.5 Å². The fourth-order valence-corrected chi connectivity index (χ4v) is 2.26. The van der Waals surface area contributed by atoms with Crippen LogP contribution < -0.4 is 19.6 Å². The van der Waals surface area contributed by atoms with E-state index in [0.29, 0.717) is 29.4 Å². The zero-order valence-corrected chi connectivity index (χ0v) is 13.5. The molecule has 0 aromatic heterocycles. The van der Waals surface area contributed by atoms with Crippen LogP contribution in [-0.4, -0.2) is 25.0 Å². The first-order chi connectivity index (χ1) is 11.7. The number of ether oxygens (including phenoxy) is 3. The van der Waals surface area contributed by atoms with Crippen LogP contribution in [0.5, 0.6) is 17.2 Å².